The molecular weight excluding hydrogens is 295 g/mol. The zero-order valence-corrected chi connectivity index (χ0v) is 13.5. The van der Waals surface area contributed by atoms with Crippen LogP contribution in [0.5, 0.6) is 0 Å². The van der Waals surface area contributed by atoms with Crippen molar-refractivity contribution in [2.24, 2.45) is 5.14 Å². The maximum Gasteiger partial charge on any atom is 0.254 e. The SMILES string of the molecule is CCC(C)(CC)NC(=O)c1cc(S(N)(=O)=O)c(C)cc1F. The Kier molecular flexibility index (Phi) is 5.11. The third-order valence-corrected chi connectivity index (χ3v) is 4.84. The second-order valence-electron chi connectivity index (χ2n) is 5.36. The van der Waals surface area contributed by atoms with E-state index in [-0.39, 0.29) is 16.0 Å². The topological polar surface area (TPSA) is 89.3 Å². The van der Waals surface area contributed by atoms with Gasteiger partial charge in [-0.1, -0.05) is 13.8 Å². The summed E-state index contributed by atoms with van der Waals surface area (Å²) in [5, 5.41) is 7.81. The average molecular weight is 316 g/mol. The van der Waals surface area contributed by atoms with Crippen LogP contribution in [0.4, 0.5) is 4.39 Å². The second kappa shape index (κ2) is 6.11. The Morgan fingerprint density at radius 3 is 2.29 bits per heavy atom. The molecule has 0 saturated heterocycles. The standard InChI is InChI=1S/C14H21FN2O3S/c1-5-14(4,6-2)17-13(18)10-8-12(21(16,19)20)9(3)7-11(10)15/h7-8H,5-6H2,1-4H3,(H,17,18)(H2,16,19,20). The number of hydrogen-bond donors (Lipinski definition) is 2. The van der Waals surface area contributed by atoms with Gasteiger partial charge in [-0.2, -0.15) is 0 Å². The second-order valence-corrected chi connectivity index (χ2v) is 6.89. The third kappa shape index (κ3) is 4.01. The minimum atomic E-state index is -4.01. The number of sulfonamides is 1. The molecule has 1 rings (SSSR count). The van der Waals surface area contributed by atoms with Gasteiger partial charge < -0.3 is 5.32 Å². The highest BCUT2D eigenvalue weighted by Gasteiger charge is 2.25. The Morgan fingerprint density at radius 1 is 1.33 bits per heavy atom. The van der Waals surface area contributed by atoms with E-state index in [2.05, 4.69) is 5.32 Å². The van der Waals surface area contributed by atoms with E-state index in [1.165, 1.54) is 6.92 Å². The van der Waals surface area contributed by atoms with Crippen molar-refractivity contribution < 1.29 is 17.6 Å². The van der Waals surface area contributed by atoms with E-state index in [1.54, 1.807) is 0 Å². The lowest BCUT2D eigenvalue weighted by atomic mass is 9.95. The molecule has 0 unspecified atom stereocenters. The van der Waals surface area contributed by atoms with E-state index >= 15 is 0 Å². The quantitative estimate of drug-likeness (QED) is 0.871. The highest BCUT2D eigenvalue weighted by atomic mass is 32.2. The van der Waals surface area contributed by atoms with E-state index in [9.17, 15) is 17.6 Å². The van der Waals surface area contributed by atoms with Crippen molar-refractivity contribution in [1.82, 2.24) is 5.32 Å². The summed E-state index contributed by atoms with van der Waals surface area (Å²) >= 11 is 0. The molecule has 0 aliphatic carbocycles. The summed E-state index contributed by atoms with van der Waals surface area (Å²) in [7, 11) is -4.01. The Morgan fingerprint density at radius 2 is 1.86 bits per heavy atom. The molecule has 1 amide bonds. The minimum absolute atomic E-state index is 0.167. The largest absolute Gasteiger partial charge is 0.347 e. The molecule has 0 atom stereocenters. The monoisotopic (exact) mass is 316 g/mol. The maximum atomic E-state index is 14.0. The van der Waals surface area contributed by atoms with Crippen LogP contribution in [0, 0.1) is 12.7 Å². The minimum Gasteiger partial charge on any atom is -0.347 e. The van der Waals surface area contributed by atoms with Crippen LogP contribution in [0.2, 0.25) is 0 Å². The van der Waals surface area contributed by atoms with Crippen LogP contribution in [-0.2, 0) is 10.0 Å². The third-order valence-electron chi connectivity index (χ3n) is 3.79. The summed E-state index contributed by atoms with van der Waals surface area (Å²) in [4.78, 5) is 12.0. The first-order chi connectivity index (χ1) is 9.54. The summed E-state index contributed by atoms with van der Waals surface area (Å²) in [6.07, 6.45) is 1.34. The van der Waals surface area contributed by atoms with Crippen LogP contribution in [0.1, 0.15) is 49.5 Å². The van der Waals surface area contributed by atoms with E-state index < -0.39 is 27.3 Å². The molecule has 0 heterocycles. The molecular formula is C14H21FN2O3S. The molecule has 0 aliphatic heterocycles. The van der Waals surface area contributed by atoms with Crippen molar-refractivity contribution in [1.29, 1.82) is 0 Å². The van der Waals surface area contributed by atoms with Crippen molar-refractivity contribution in [3.8, 4) is 0 Å². The predicted octanol–water partition coefficient (Wildman–Crippen LogP) is 2.09. The van der Waals surface area contributed by atoms with Crippen molar-refractivity contribution in [3.05, 3.63) is 29.1 Å². The van der Waals surface area contributed by atoms with Gasteiger partial charge in [-0.15, -0.1) is 0 Å². The van der Waals surface area contributed by atoms with Crippen LogP contribution in [0.3, 0.4) is 0 Å². The number of rotatable bonds is 5. The van der Waals surface area contributed by atoms with Crippen LogP contribution < -0.4 is 10.5 Å². The fraction of sp³-hybridized carbons (Fsp3) is 0.500. The summed E-state index contributed by atoms with van der Waals surface area (Å²) in [5.41, 5.74) is -0.631. The molecule has 21 heavy (non-hydrogen) atoms. The van der Waals surface area contributed by atoms with Crippen LogP contribution >= 0.6 is 0 Å². The van der Waals surface area contributed by atoms with E-state index in [1.807, 2.05) is 20.8 Å². The van der Waals surface area contributed by atoms with Gasteiger partial charge in [-0.3, -0.25) is 4.79 Å². The van der Waals surface area contributed by atoms with Crippen LogP contribution in [-0.4, -0.2) is 19.9 Å². The van der Waals surface area contributed by atoms with Gasteiger partial charge in [0.15, 0.2) is 0 Å². The van der Waals surface area contributed by atoms with Gasteiger partial charge in [0.25, 0.3) is 5.91 Å². The van der Waals surface area contributed by atoms with Gasteiger partial charge in [0, 0.05) is 5.54 Å². The van der Waals surface area contributed by atoms with Gasteiger partial charge in [-0.05, 0) is 44.4 Å². The lowest BCUT2D eigenvalue weighted by Crippen LogP contribution is -2.45. The van der Waals surface area contributed by atoms with Crippen molar-refractivity contribution >= 4 is 15.9 Å². The van der Waals surface area contributed by atoms with Gasteiger partial charge >= 0.3 is 0 Å². The molecule has 0 aromatic heterocycles. The zero-order chi connectivity index (χ0) is 16.4. The first kappa shape index (κ1) is 17.6. The summed E-state index contributed by atoms with van der Waals surface area (Å²) in [6.45, 7) is 7.08. The fourth-order valence-corrected chi connectivity index (χ4v) is 2.69. The Balaban J connectivity index is 3.28. The molecule has 0 spiro atoms. The summed E-state index contributed by atoms with van der Waals surface area (Å²) in [5.74, 6) is -1.42. The molecule has 0 bridgehead atoms. The highest BCUT2D eigenvalue weighted by Crippen LogP contribution is 2.21. The number of hydrogen-bond acceptors (Lipinski definition) is 3. The Hall–Kier alpha value is -1.47. The smallest absolute Gasteiger partial charge is 0.254 e. The Bertz CT molecular complexity index is 652. The Labute approximate surface area is 124 Å². The molecule has 5 nitrogen and oxygen atoms in total. The molecule has 7 heteroatoms. The van der Waals surface area contributed by atoms with E-state index in [0.29, 0.717) is 12.8 Å². The number of carbonyl (C=O) groups excluding carboxylic acids is 1. The van der Waals surface area contributed by atoms with Crippen molar-refractivity contribution in [2.45, 2.75) is 51.0 Å². The number of benzene rings is 1. The number of primary sulfonamides is 1. The number of amides is 1. The molecule has 0 fully saturated rings. The van der Waals surface area contributed by atoms with Gasteiger partial charge in [-0.25, -0.2) is 17.9 Å². The number of aryl methyl sites for hydroxylation is 1. The summed E-state index contributed by atoms with van der Waals surface area (Å²) in [6, 6.07) is 1.99. The molecule has 1 aromatic rings. The maximum absolute atomic E-state index is 14.0. The predicted molar refractivity (Wildman–Crippen MR) is 79.0 cm³/mol. The molecule has 0 saturated carbocycles. The molecule has 0 radical (unpaired) electrons. The summed E-state index contributed by atoms with van der Waals surface area (Å²) < 4.78 is 36.9. The van der Waals surface area contributed by atoms with Crippen molar-refractivity contribution in [2.75, 3.05) is 0 Å². The lowest BCUT2D eigenvalue weighted by Gasteiger charge is -2.28. The number of halogens is 1. The van der Waals surface area contributed by atoms with E-state index in [4.69, 9.17) is 5.14 Å². The van der Waals surface area contributed by atoms with Gasteiger partial charge in [0.05, 0.1) is 10.5 Å². The molecule has 1 aromatic carbocycles. The number of nitrogens with two attached hydrogens (primary N) is 1. The first-order valence-corrected chi connectivity index (χ1v) is 8.24. The average Bonchev–Trinajstić information content (AvgIpc) is 2.36. The van der Waals surface area contributed by atoms with Crippen LogP contribution in [0.25, 0.3) is 0 Å². The number of nitrogens with one attached hydrogen (secondary N) is 1. The van der Waals surface area contributed by atoms with Gasteiger partial charge in [0.2, 0.25) is 10.0 Å². The first-order valence-electron chi connectivity index (χ1n) is 6.69. The molecule has 118 valence electrons. The molecule has 0 aliphatic rings. The molecule has 3 N–H and O–H groups in total. The highest BCUT2D eigenvalue weighted by molar-refractivity contribution is 7.89. The van der Waals surface area contributed by atoms with Crippen molar-refractivity contribution in [3.63, 3.8) is 0 Å². The fourth-order valence-electron chi connectivity index (χ4n) is 1.90. The van der Waals surface area contributed by atoms with Gasteiger partial charge in [0.1, 0.15) is 5.82 Å². The lowest BCUT2D eigenvalue weighted by molar-refractivity contribution is 0.0896. The van der Waals surface area contributed by atoms with E-state index in [0.717, 1.165) is 12.1 Å². The normalized spacial score (nSPS) is 12.3. The number of carbonyl (C=O) groups is 1. The zero-order valence-electron chi connectivity index (χ0n) is 12.7. The van der Waals surface area contributed by atoms with Crippen LogP contribution in [0.15, 0.2) is 17.0 Å².